The Morgan fingerprint density at radius 1 is 0.952 bits per heavy atom. The van der Waals surface area contributed by atoms with Crippen LogP contribution in [0.25, 0.3) is 11.3 Å². The van der Waals surface area contributed by atoms with Gasteiger partial charge in [0, 0.05) is 11.1 Å². The van der Waals surface area contributed by atoms with Crippen LogP contribution < -0.4 is 24.8 Å². The zero-order valence-electron chi connectivity index (χ0n) is 24.3. The predicted octanol–water partition coefficient (Wildman–Crippen LogP) is 5.10. The highest BCUT2D eigenvalue weighted by atomic mass is 35.5. The average molecular weight is 604 g/mol. The van der Waals surface area contributed by atoms with Crippen LogP contribution in [-0.2, 0) is 10.3 Å². The number of halogens is 2. The lowest BCUT2D eigenvalue weighted by Gasteiger charge is -2.24. The lowest BCUT2D eigenvalue weighted by atomic mass is 9.99. The van der Waals surface area contributed by atoms with Crippen LogP contribution in [0.3, 0.4) is 0 Å². The van der Waals surface area contributed by atoms with E-state index in [0.717, 1.165) is 0 Å². The summed E-state index contributed by atoms with van der Waals surface area (Å²) in [6.45, 7) is 6.98. The summed E-state index contributed by atoms with van der Waals surface area (Å²) in [6, 6.07) is 12.0. The number of amides is 2. The van der Waals surface area contributed by atoms with Gasteiger partial charge in [0.2, 0.25) is 0 Å². The van der Waals surface area contributed by atoms with E-state index in [0.29, 0.717) is 28.5 Å². The first kappa shape index (κ1) is 32.4. The average Bonchev–Trinajstić information content (AvgIpc) is 2.94. The van der Waals surface area contributed by atoms with Gasteiger partial charge in [-0.25, -0.2) is 14.2 Å². The minimum Gasteiger partial charge on any atom is -0.494 e. The third-order valence-corrected chi connectivity index (χ3v) is 6.16. The normalized spacial score (nSPS) is 12.6. The number of aliphatic hydroxyl groups is 1. The molecule has 0 saturated carbocycles. The minimum atomic E-state index is -1.57. The summed E-state index contributed by atoms with van der Waals surface area (Å²) in [4.78, 5) is 29.2. The summed E-state index contributed by atoms with van der Waals surface area (Å²) in [5.74, 6) is 0.0488. The molecular weight excluding hydrogens is 569 g/mol. The van der Waals surface area contributed by atoms with E-state index in [1.807, 2.05) is 0 Å². The van der Waals surface area contributed by atoms with Crippen LogP contribution in [0.4, 0.5) is 9.18 Å². The third-order valence-electron chi connectivity index (χ3n) is 5.87. The van der Waals surface area contributed by atoms with Gasteiger partial charge in [0.1, 0.15) is 35.1 Å². The number of hydrogen-bond acceptors (Lipinski definition) is 8. The van der Waals surface area contributed by atoms with Crippen LogP contribution >= 0.6 is 11.6 Å². The Bertz CT molecular complexity index is 1430. The zero-order chi connectivity index (χ0) is 31.1. The van der Waals surface area contributed by atoms with E-state index in [2.05, 4.69) is 15.6 Å². The number of hydrogen-bond donors (Lipinski definition) is 3. The Hall–Kier alpha value is -4.09. The van der Waals surface area contributed by atoms with Crippen molar-refractivity contribution in [3.8, 4) is 28.5 Å². The molecule has 1 atom stereocenters. The fourth-order valence-electron chi connectivity index (χ4n) is 3.76. The first-order chi connectivity index (χ1) is 19.7. The highest BCUT2D eigenvalue weighted by Crippen LogP contribution is 2.33. The highest BCUT2D eigenvalue weighted by Gasteiger charge is 2.28. The molecule has 1 aromatic heterocycles. The summed E-state index contributed by atoms with van der Waals surface area (Å²) in [6.07, 6.45) is -0.554. The third kappa shape index (κ3) is 8.70. The Morgan fingerprint density at radius 3 is 2.29 bits per heavy atom. The molecule has 3 aromatic rings. The summed E-state index contributed by atoms with van der Waals surface area (Å²) in [7, 11) is 2.91. The van der Waals surface area contributed by atoms with Crippen LogP contribution in [-0.4, -0.2) is 61.6 Å². The standard InChI is InChI=1S/C30H35ClFN3O7/c1-29(2,3)42-28(37)33-13-14-41-22-10-8-19(16-24(22)40-6)27(36)34-17-30(4,38)25-12-11-23(39-5)26(35-25)18-7-9-21(32)20(31)15-18/h7-12,15-16,38H,13-14,17H2,1-6H3,(H,33,37)(H,34,36). The topological polar surface area (TPSA) is 128 Å². The van der Waals surface area contributed by atoms with E-state index in [9.17, 15) is 19.1 Å². The molecule has 0 aliphatic rings. The predicted molar refractivity (Wildman–Crippen MR) is 156 cm³/mol. The first-order valence-corrected chi connectivity index (χ1v) is 13.4. The molecule has 0 aliphatic heterocycles. The van der Waals surface area contributed by atoms with Gasteiger partial charge in [-0.1, -0.05) is 11.6 Å². The molecule has 0 radical (unpaired) electrons. The molecule has 1 heterocycles. The number of methoxy groups -OCH3 is 2. The summed E-state index contributed by atoms with van der Waals surface area (Å²) >= 11 is 5.95. The number of ether oxygens (including phenoxy) is 4. The number of rotatable bonds is 11. The molecule has 3 N–H and O–H groups in total. The van der Waals surface area contributed by atoms with Crippen molar-refractivity contribution >= 4 is 23.6 Å². The van der Waals surface area contributed by atoms with Gasteiger partial charge in [0.15, 0.2) is 11.5 Å². The van der Waals surface area contributed by atoms with Crippen molar-refractivity contribution < 1.29 is 38.0 Å². The molecule has 3 rings (SSSR count). The summed E-state index contributed by atoms with van der Waals surface area (Å²) < 4.78 is 35.3. The van der Waals surface area contributed by atoms with Gasteiger partial charge in [-0.05, 0) is 76.2 Å². The van der Waals surface area contributed by atoms with E-state index in [1.54, 1.807) is 45.0 Å². The maximum absolute atomic E-state index is 13.7. The van der Waals surface area contributed by atoms with Crippen molar-refractivity contribution in [2.24, 2.45) is 0 Å². The highest BCUT2D eigenvalue weighted by molar-refractivity contribution is 6.31. The fourth-order valence-corrected chi connectivity index (χ4v) is 3.94. The van der Waals surface area contributed by atoms with Crippen molar-refractivity contribution in [3.05, 3.63) is 70.6 Å². The summed E-state index contributed by atoms with van der Waals surface area (Å²) in [5, 5.41) is 16.4. The van der Waals surface area contributed by atoms with Crippen molar-refractivity contribution in [2.75, 3.05) is 33.9 Å². The second-order valence-electron chi connectivity index (χ2n) is 10.5. The van der Waals surface area contributed by atoms with Crippen LogP contribution in [0.2, 0.25) is 5.02 Å². The Morgan fingerprint density at radius 2 is 1.64 bits per heavy atom. The van der Waals surface area contributed by atoms with Crippen LogP contribution in [0.15, 0.2) is 48.5 Å². The summed E-state index contributed by atoms with van der Waals surface area (Å²) in [5.41, 5.74) is -0.814. The van der Waals surface area contributed by atoms with Gasteiger partial charge in [-0.3, -0.25) is 4.79 Å². The van der Waals surface area contributed by atoms with Crippen molar-refractivity contribution in [1.29, 1.82) is 0 Å². The largest absolute Gasteiger partial charge is 0.494 e. The molecule has 0 bridgehead atoms. The first-order valence-electron chi connectivity index (χ1n) is 13.0. The lowest BCUT2D eigenvalue weighted by molar-refractivity contribution is 0.0489. The minimum absolute atomic E-state index is 0.0786. The number of carbonyl (C=O) groups is 2. The number of aromatic nitrogens is 1. The van der Waals surface area contributed by atoms with Gasteiger partial charge < -0.3 is 34.7 Å². The molecule has 1 unspecified atom stereocenters. The number of nitrogens with one attached hydrogen (secondary N) is 2. The second-order valence-corrected chi connectivity index (χ2v) is 10.9. The Labute approximate surface area is 249 Å². The van der Waals surface area contributed by atoms with Crippen molar-refractivity contribution in [1.82, 2.24) is 15.6 Å². The van der Waals surface area contributed by atoms with Gasteiger partial charge in [0.25, 0.3) is 5.91 Å². The number of benzene rings is 2. The van der Waals surface area contributed by atoms with E-state index in [-0.39, 0.29) is 36.0 Å². The quantitative estimate of drug-likeness (QED) is 0.258. The maximum Gasteiger partial charge on any atom is 0.407 e. The van der Waals surface area contributed by atoms with E-state index in [1.165, 1.54) is 45.4 Å². The molecule has 0 fully saturated rings. The molecule has 42 heavy (non-hydrogen) atoms. The molecular formula is C30H35ClFN3O7. The van der Waals surface area contributed by atoms with Crippen molar-refractivity contribution in [3.63, 3.8) is 0 Å². The Kier molecular flexibility index (Phi) is 10.6. The lowest BCUT2D eigenvalue weighted by Crippen LogP contribution is -2.39. The number of nitrogens with zero attached hydrogens (tertiary/aromatic N) is 1. The molecule has 0 aliphatic carbocycles. The van der Waals surface area contributed by atoms with E-state index < -0.39 is 29.0 Å². The number of alkyl carbamates (subject to hydrolysis) is 1. The van der Waals surface area contributed by atoms with Crippen LogP contribution in [0.1, 0.15) is 43.7 Å². The molecule has 0 spiro atoms. The van der Waals surface area contributed by atoms with E-state index >= 15 is 0 Å². The van der Waals surface area contributed by atoms with E-state index in [4.69, 9.17) is 30.5 Å². The van der Waals surface area contributed by atoms with Gasteiger partial charge in [0.05, 0.1) is 38.0 Å². The SMILES string of the molecule is COc1cc(C(=O)NCC(C)(O)c2ccc(OC)c(-c3ccc(F)c(Cl)c3)n2)ccc1OCCNC(=O)OC(C)(C)C. The monoisotopic (exact) mass is 603 g/mol. The molecule has 12 heteroatoms. The van der Waals surface area contributed by atoms with Crippen LogP contribution in [0.5, 0.6) is 17.2 Å². The van der Waals surface area contributed by atoms with Crippen molar-refractivity contribution in [2.45, 2.75) is 38.9 Å². The Balaban J connectivity index is 1.65. The molecule has 226 valence electrons. The number of carbonyl (C=O) groups excluding carboxylic acids is 2. The zero-order valence-corrected chi connectivity index (χ0v) is 25.1. The molecule has 0 saturated heterocycles. The molecule has 10 nitrogen and oxygen atoms in total. The van der Waals surface area contributed by atoms with Gasteiger partial charge in [-0.15, -0.1) is 0 Å². The fraction of sp³-hybridized carbons (Fsp3) is 0.367. The number of pyridine rings is 1. The van der Waals surface area contributed by atoms with Gasteiger partial charge in [-0.2, -0.15) is 0 Å². The molecule has 2 amide bonds. The second kappa shape index (κ2) is 13.7. The molecule has 2 aromatic carbocycles. The van der Waals surface area contributed by atoms with Gasteiger partial charge >= 0.3 is 6.09 Å². The maximum atomic E-state index is 13.7. The smallest absolute Gasteiger partial charge is 0.407 e. The van der Waals surface area contributed by atoms with Crippen LogP contribution in [0, 0.1) is 5.82 Å².